The van der Waals surface area contributed by atoms with Crippen LogP contribution in [0.1, 0.15) is 24.9 Å². The van der Waals surface area contributed by atoms with Crippen molar-refractivity contribution in [3.05, 3.63) is 48.3 Å². The Labute approximate surface area is 141 Å². The maximum Gasteiger partial charge on any atom is 0.247 e. The smallest absolute Gasteiger partial charge is 0.247 e. The molecule has 24 heavy (non-hydrogen) atoms. The zero-order valence-corrected chi connectivity index (χ0v) is 13.8. The fourth-order valence-electron chi connectivity index (χ4n) is 3.03. The summed E-state index contributed by atoms with van der Waals surface area (Å²) in [6.45, 7) is 5.05. The summed E-state index contributed by atoms with van der Waals surface area (Å²) in [4.78, 5) is 16.9. The molecule has 0 saturated carbocycles. The molecule has 3 rings (SSSR count). The summed E-state index contributed by atoms with van der Waals surface area (Å²) < 4.78 is 1.70. The Balaban J connectivity index is 1.64. The molecule has 1 atom stereocenters. The van der Waals surface area contributed by atoms with Gasteiger partial charge in [0, 0.05) is 44.3 Å². The van der Waals surface area contributed by atoms with Crippen molar-refractivity contribution in [1.82, 2.24) is 14.7 Å². The number of amides is 1. The van der Waals surface area contributed by atoms with Gasteiger partial charge >= 0.3 is 0 Å². The van der Waals surface area contributed by atoms with Crippen LogP contribution >= 0.6 is 0 Å². The number of benzene rings is 1. The number of nitriles is 1. The first kappa shape index (κ1) is 16.1. The second-order valence-electron chi connectivity index (χ2n) is 5.99. The summed E-state index contributed by atoms with van der Waals surface area (Å²) in [5.74, 6) is 0.111. The Hall–Kier alpha value is -2.81. The minimum Gasteiger partial charge on any atom is -0.370 e. The first-order valence-corrected chi connectivity index (χ1v) is 8.22. The van der Waals surface area contributed by atoms with Crippen molar-refractivity contribution >= 4 is 11.6 Å². The Morgan fingerprint density at radius 3 is 2.67 bits per heavy atom. The van der Waals surface area contributed by atoms with Crippen LogP contribution in [0.25, 0.3) is 0 Å². The normalized spacial score (nSPS) is 16.3. The highest BCUT2D eigenvalue weighted by atomic mass is 16.2. The maximum absolute atomic E-state index is 12.7. The van der Waals surface area contributed by atoms with Crippen molar-refractivity contribution in [2.45, 2.75) is 19.4 Å². The van der Waals surface area contributed by atoms with Crippen LogP contribution in [-0.4, -0.2) is 46.8 Å². The molecular formula is C18H21N5O. The van der Waals surface area contributed by atoms with Gasteiger partial charge < -0.3 is 9.80 Å². The highest BCUT2D eigenvalue weighted by Crippen LogP contribution is 2.18. The molecule has 2 heterocycles. The third-order valence-electron chi connectivity index (χ3n) is 4.45. The van der Waals surface area contributed by atoms with Crippen molar-refractivity contribution in [1.29, 1.82) is 5.26 Å². The van der Waals surface area contributed by atoms with E-state index in [0.717, 1.165) is 31.7 Å². The van der Waals surface area contributed by atoms with Crippen LogP contribution in [0.5, 0.6) is 0 Å². The van der Waals surface area contributed by atoms with Gasteiger partial charge in [-0.15, -0.1) is 0 Å². The minimum atomic E-state index is -0.276. The van der Waals surface area contributed by atoms with Gasteiger partial charge in [0.05, 0.1) is 11.6 Å². The zero-order valence-electron chi connectivity index (χ0n) is 13.8. The van der Waals surface area contributed by atoms with Crippen LogP contribution in [0, 0.1) is 11.3 Å². The van der Waals surface area contributed by atoms with Crippen LogP contribution in [0.2, 0.25) is 0 Å². The average molecular weight is 323 g/mol. The van der Waals surface area contributed by atoms with Crippen LogP contribution < -0.4 is 4.90 Å². The van der Waals surface area contributed by atoms with Gasteiger partial charge in [0.15, 0.2) is 0 Å². The van der Waals surface area contributed by atoms with E-state index >= 15 is 0 Å². The zero-order chi connectivity index (χ0) is 16.9. The number of nitrogens with zero attached hydrogens (tertiary/aromatic N) is 5. The van der Waals surface area contributed by atoms with Gasteiger partial charge in [0.2, 0.25) is 5.91 Å². The summed E-state index contributed by atoms with van der Waals surface area (Å²) in [5, 5.41) is 13.1. The number of rotatable bonds is 3. The molecule has 1 aromatic heterocycles. The van der Waals surface area contributed by atoms with Crippen LogP contribution in [-0.2, 0) is 4.79 Å². The summed E-state index contributed by atoms with van der Waals surface area (Å²) in [6.07, 6.45) is 4.44. The molecule has 1 aromatic carbocycles. The molecule has 1 aliphatic heterocycles. The summed E-state index contributed by atoms with van der Waals surface area (Å²) >= 11 is 0. The number of anilines is 1. The molecule has 0 spiro atoms. The highest BCUT2D eigenvalue weighted by Gasteiger charge is 2.24. The molecule has 6 heteroatoms. The molecule has 1 saturated heterocycles. The molecular weight excluding hydrogens is 302 g/mol. The maximum atomic E-state index is 12.7. The van der Waals surface area contributed by atoms with E-state index in [1.165, 1.54) is 0 Å². The molecule has 1 amide bonds. The molecule has 2 aromatic rings. The molecule has 1 fully saturated rings. The summed E-state index contributed by atoms with van der Waals surface area (Å²) in [5.41, 5.74) is 1.77. The third kappa shape index (κ3) is 3.40. The van der Waals surface area contributed by atoms with E-state index in [4.69, 9.17) is 5.26 Å². The van der Waals surface area contributed by atoms with E-state index in [-0.39, 0.29) is 11.9 Å². The molecule has 6 nitrogen and oxygen atoms in total. The van der Waals surface area contributed by atoms with Gasteiger partial charge in [0.1, 0.15) is 6.04 Å². The fraction of sp³-hybridized carbons (Fsp3) is 0.389. The minimum absolute atomic E-state index is 0.111. The van der Waals surface area contributed by atoms with E-state index in [0.29, 0.717) is 12.1 Å². The van der Waals surface area contributed by atoms with Gasteiger partial charge in [-0.05, 0) is 43.7 Å². The summed E-state index contributed by atoms with van der Waals surface area (Å²) in [7, 11) is 0. The third-order valence-corrected chi connectivity index (χ3v) is 4.45. The largest absolute Gasteiger partial charge is 0.370 e. The second-order valence-corrected chi connectivity index (χ2v) is 5.99. The van der Waals surface area contributed by atoms with E-state index < -0.39 is 0 Å². The van der Waals surface area contributed by atoms with Gasteiger partial charge in [-0.2, -0.15) is 10.4 Å². The lowest BCUT2D eigenvalue weighted by atomic mass is 10.2. The Kier molecular flexibility index (Phi) is 4.80. The van der Waals surface area contributed by atoms with Crippen molar-refractivity contribution in [3.8, 4) is 6.07 Å². The Morgan fingerprint density at radius 2 is 2.00 bits per heavy atom. The van der Waals surface area contributed by atoms with Gasteiger partial charge in [-0.1, -0.05) is 0 Å². The quantitative estimate of drug-likeness (QED) is 0.867. The SMILES string of the molecule is C[C@H](C(=O)N1CCCN(c2ccc(C#N)cc2)CC1)n1cccn1. The van der Waals surface area contributed by atoms with Crippen LogP contribution in [0.15, 0.2) is 42.7 Å². The predicted molar refractivity (Wildman–Crippen MR) is 91.5 cm³/mol. The van der Waals surface area contributed by atoms with Crippen molar-refractivity contribution in [3.63, 3.8) is 0 Å². The van der Waals surface area contributed by atoms with E-state index in [1.807, 2.05) is 48.4 Å². The fourth-order valence-corrected chi connectivity index (χ4v) is 3.03. The number of hydrogen-bond acceptors (Lipinski definition) is 4. The number of hydrogen-bond donors (Lipinski definition) is 0. The lowest BCUT2D eigenvalue weighted by Crippen LogP contribution is -2.39. The Morgan fingerprint density at radius 1 is 1.21 bits per heavy atom. The molecule has 0 N–H and O–H groups in total. The van der Waals surface area contributed by atoms with Crippen molar-refractivity contribution < 1.29 is 4.79 Å². The highest BCUT2D eigenvalue weighted by molar-refractivity contribution is 5.80. The second kappa shape index (κ2) is 7.18. The monoisotopic (exact) mass is 323 g/mol. The lowest BCUT2D eigenvalue weighted by molar-refractivity contribution is -0.134. The van der Waals surface area contributed by atoms with E-state index in [1.54, 1.807) is 10.9 Å². The van der Waals surface area contributed by atoms with Gasteiger partial charge in [-0.25, -0.2) is 0 Å². The molecule has 1 aliphatic rings. The topological polar surface area (TPSA) is 65.2 Å². The van der Waals surface area contributed by atoms with E-state index in [2.05, 4.69) is 16.1 Å². The molecule has 0 unspecified atom stereocenters. The molecule has 124 valence electrons. The number of carbonyl (C=O) groups is 1. The van der Waals surface area contributed by atoms with Gasteiger partial charge in [0.25, 0.3) is 0 Å². The van der Waals surface area contributed by atoms with Crippen molar-refractivity contribution in [2.75, 3.05) is 31.1 Å². The van der Waals surface area contributed by atoms with Crippen LogP contribution in [0.4, 0.5) is 5.69 Å². The van der Waals surface area contributed by atoms with Crippen molar-refractivity contribution in [2.24, 2.45) is 0 Å². The number of carbonyl (C=O) groups excluding carboxylic acids is 1. The summed E-state index contributed by atoms with van der Waals surface area (Å²) in [6, 6.07) is 11.3. The van der Waals surface area contributed by atoms with E-state index in [9.17, 15) is 4.79 Å². The molecule has 0 radical (unpaired) electrons. The Bertz CT molecular complexity index is 717. The first-order chi connectivity index (χ1) is 11.7. The van der Waals surface area contributed by atoms with Crippen LogP contribution in [0.3, 0.4) is 0 Å². The average Bonchev–Trinajstić information content (AvgIpc) is 3.05. The first-order valence-electron chi connectivity index (χ1n) is 8.22. The van der Waals surface area contributed by atoms with Gasteiger partial charge in [-0.3, -0.25) is 9.48 Å². The number of aromatic nitrogens is 2. The standard InChI is InChI=1S/C18H21N5O/c1-15(23-11-2-8-20-23)18(24)22-10-3-9-21(12-13-22)17-6-4-16(14-19)5-7-17/h2,4-8,11,15H,3,9-10,12-13H2,1H3/t15-/m1/s1. The molecule has 0 aliphatic carbocycles. The predicted octanol–water partition coefficient (Wildman–Crippen LogP) is 2.05. The lowest BCUT2D eigenvalue weighted by Gasteiger charge is -2.25. The molecule has 0 bridgehead atoms.